The Hall–Kier alpha value is -1.48. The van der Waals surface area contributed by atoms with Crippen molar-refractivity contribution < 1.29 is 38.7 Å². The summed E-state index contributed by atoms with van der Waals surface area (Å²) >= 11 is 0. The summed E-state index contributed by atoms with van der Waals surface area (Å²) in [5.74, 6) is -0.906. The molecule has 0 aromatic rings. The zero-order valence-electron chi connectivity index (χ0n) is 16.9. The van der Waals surface area contributed by atoms with Crippen molar-refractivity contribution in [3.63, 3.8) is 0 Å². The van der Waals surface area contributed by atoms with Crippen LogP contribution in [0.15, 0.2) is 12.2 Å². The predicted octanol–water partition coefficient (Wildman–Crippen LogP) is 1.23. The number of carbonyl (C=O) groups is 2. The van der Waals surface area contributed by atoms with Crippen LogP contribution in [0.25, 0.3) is 0 Å². The van der Waals surface area contributed by atoms with Crippen LogP contribution in [0.4, 0.5) is 0 Å². The van der Waals surface area contributed by atoms with Crippen LogP contribution >= 0.6 is 0 Å². The first-order valence-corrected chi connectivity index (χ1v) is 9.05. The van der Waals surface area contributed by atoms with E-state index in [1.54, 1.807) is 20.8 Å². The monoisotopic (exact) mass is 390 g/mol. The highest BCUT2D eigenvalue weighted by Crippen LogP contribution is 2.15. The molecule has 0 bridgehead atoms. The van der Waals surface area contributed by atoms with Gasteiger partial charge in [0.25, 0.3) is 0 Å². The molecule has 8 nitrogen and oxygen atoms in total. The third-order valence-electron chi connectivity index (χ3n) is 3.22. The van der Waals surface area contributed by atoms with Crippen LogP contribution in [0.5, 0.6) is 0 Å². The second-order valence-electron chi connectivity index (χ2n) is 7.39. The van der Waals surface area contributed by atoms with Gasteiger partial charge in [0.1, 0.15) is 25.4 Å². The smallest absolute Gasteiger partial charge is 0.333 e. The lowest BCUT2D eigenvalue weighted by Gasteiger charge is -2.18. The average Bonchev–Trinajstić information content (AvgIpc) is 2.58. The van der Waals surface area contributed by atoms with Crippen molar-refractivity contribution in [1.82, 2.24) is 0 Å². The Morgan fingerprint density at radius 3 is 1.74 bits per heavy atom. The molecule has 2 unspecified atom stereocenters. The molecule has 0 fully saturated rings. The molecule has 0 aromatic carbocycles. The summed E-state index contributed by atoms with van der Waals surface area (Å²) in [5, 5.41) is 19.3. The first kappa shape index (κ1) is 25.5. The van der Waals surface area contributed by atoms with E-state index < -0.39 is 23.6 Å². The Bertz CT molecular complexity index is 455. The molecule has 0 aliphatic heterocycles. The third kappa shape index (κ3) is 14.3. The van der Waals surface area contributed by atoms with Gasteiger partial charge in [-0.25, -0.2) is 4.79 Å². The van der Waals surface area contributed by atoms with E-state index in [1.807, 2.05) is 0 Å². The molecule has 0 saturated heterocycles. The van der Waals surface area contributed by atoms with E-state index in [9.17, 15) is 19.8 Å². The zero-order chi connectivity index (χ0) is 20.9. The van der Waals surface area contributed by atoms with E-state index in [-0.39, 0.29) is 38.0 Å². The molecule has 0 rings (SSSR count). The molecule has 0 aromatic heterocycles. The molecule has 0 heterocycles. The molecule has 0 spiro atoms. The van der Waals surface area contributed by atoms with Gasteiger partial charge in [-0.05, 0) is 40.5 Å². The van der Waals surface area contributed by atoms with Crippen LogP contribution in [0, 0.1) is 5.41 Å². The highest BCUT2D eigenvalue weighted by Gasteiger charge is 2.23. The molecular weight excluding hydrogens is 356 g/mol. The number of esters is 2. The van der Waals surface area contributed by atoms with Gasteiger partial charge in [-0.1, -0.05) is 6.58 Å². The van der Waals surface area contributed by atoms with E-state index >= 15 is 0 Å². The van der Waals surface area contributed by atoms with Gasteiger partial charge in [0.15, 0.2) is 0 Å². The Morgan fingerprint density at radius 1 is 0.889 bits per heavy atom. The lowest BCUT2D eigenvalue weighted by atomic mass is 9.97. The van der Waals surface area contributed by atoms with Gasteiger partial charge >= 0.3 is 11.9 Å². The fourth-order valence-electron chi connectivity index (χ4n) is 1.63. The van der Waals surface area contributed by atoms with Crippen molar-refractivity contribution in [2.75, 3.05) is 39.6 Å². The van der Waals surface area contributed by atoms with Gasteiger partial charge in [-0.3, -0.25) is 4.79 Å². The highest BCUT2D eigenvalue weighted by atomic mass is 16.6. The predicted molar refractivity (Wildman–Crippen MR) is 99.1 cm³/mol. The Balaban J connectivity index is 3.52. The summed E-state index contributed by atoms with van der Waals surface area (Å²) in [6.45, 7) is 11.0. The first-order chi connectivity index (χ1) is 12.5. The minimum absolute atomic E-state index is 0.0716. The van der Waals surface area contributed by atoms with Crippen LogP contribution in [0.1, 0.15) is 40.5 Å². The fourth-order valence-corrected chi connectivity index (χ4v) is 1.63. The van der Waals surface area contributed by atoms with E-state index in [1.165, 1.54) is 6.92 Å². The van der Waals surface area contributed by atoms with E-state index in [0.29, 0.717) is 19.6 Å². The number of aliphatic hydroxyl groups is 2. The number of ether oxygens (including phenoxy) is 4. The van der Waals surface area contributed by atoms with Crippen molar-refractivity contribution in [3.05, 3.63) is 12.2 Å². The number of rotatable bonds is 14. The zero-order valence-corrected chi connectivity index (χ0v) is 16.9. The van der Waals surface area contributed by atoms with E-state index in [0.717, 1.165) is 6.42 Å². The van der Waals surface area contributed by atoms with Crippen LogP contribution in [-0.2, 0) is 28.5 Å². The minimum atomic E-state index is -0.879. The number of unbranched alkanes of at least 4 members (excludes halogenated alkanes) is 1. The molecule has 0 aliphatic rings. The molecule has 0 aliphatic carbocycles. The van der Waals surface area contributed by atoms with Gasteiger partial charge < -0.3 is 29.2 Å². The maximum atomic E-state index is 11.6. The second kappa shape index (κ2) is 13.7. The maximum absolute atomic E-state index is 11.6. The van der Waals surface area contributed by atoms with Gasteiger partial charge in [0.2, 0.25) is 0 Å². The summed E-state index contributed by atoms with van der Waals surface area (Å²) in [6.07, 6.45) is -0.303. The standard InChI is InChI=1S/C19H34O8/c1-14(2)17(22)26-12-15(20)10-24-8-6-7-9-25-11-16(21)13-27-18(23)19(3,4)5/h15-16,20-21H,1,6-13H2,2-5H3. The fraction of sp³-hybridized carbons (Fsp3) is 0.789. The van der Waals surface area contributed by atoms with E-state index in [4.69, 9.17) is 18.9 Å². The Kier molecular flexibility index (Phi) is 12.9. The molecule has 8 heteroatoms. The van der Waals surface area contributed by atoms with Crippen molar-refractivity contribution in [3.8, 4) is 0 Å². The SMILES string of the molecule is C=C(C)C(=O)OCC(O)COCCCCOCC(O)COC(=O)C(C)(C)C. The number of hydrogen-bond donors (Lipinski definition) is 2. The summed E-state index contributed by atoms with van der Waals surface area (Å²) in [5.41, 5.74) is -0.318. The highest BCUT2D eigenvalue weighted by molar-refractivity contribution is 5.86. The van der Waals surface area contributed by atoms with Crippen molar-refractivity contribution >= 4 is 11.9 Å². The van der Waals surface area contributed by atoms with Gasteiger partial charge in [-0.15, -0.1) is 0 Å². The summed E-state index contributed by atoms with van der Waals surface area (Å²) in [6, 6.07) is 0. The molecule has 2 N–H and O–H groups in total. The summed E-state index contributed by atoms with van der Waals surface area (Å²) < 4.78 is 20.4. The van der Waals surface area contributed by atoms with Crippen molar-refractivity contribution in [1.29, 1.82) is 0 Å². The topological polar surface area (TPSA) is 112 Å². The molecule has 2 atom stereocenters. The average molecular weight is 390 g/mol. The molecule has 27 heavy (non-hydrogen) atoms. The lowest BCUT2D eigenvalue weighted by molar-refractivity contribution is -0.157. The van der Waals surface area contributed by atoms with Crippen LogP contribution in [0.2, 0.25) is 0 Å². The Morgan fingerprint density at radius 2 is 1.33 bits per heavy atom. The second-order valence-corrected chi connectivity index (χ2v) is 7.39. The van der Waals surface area contributed by atoms with Crippen LogP contribution in [0.3, 0.4) is 0 Å². The molecule has 0 radical (unpaired) electrons. The van der Waals surface area contributed by atoms with Crippen LogP contribution < -0.4 is 0 Å². The number of hydrogen-bond acceptors (Lipinski definition) is 8. The van der Waals surface area contributed by atoms with Gasteiger partial charge in [0.05, 0.1) is 18.6 Å². The normalized spacial score (nSPS) is 13.7. The molecule has 0 amide bonds. The van der Waals surface area contributed by atoms with Crippen molar-refractivity contribution in [2.45, 2.75) is 52.7 Å². The van der Waals surface area contributed by atoms with Gasteiger partial charge in [0, 0.05) is 18.8 Å². The Labute approximate surface area is 161 Å². The van der Waals surface area contributed by atoms with Gasteiger partial charge in [-0.2, -0.15) is 0 Å². The molecule has 0 saturated carbocycles. The summed E-state index contributed by atoms with van der Waals surface area (Å²) in [4.78, 5) is 22.7. The van der Waals surface area contributed by atoms with E-state index in [2.05, 4.69) is 6.58 Å². The van der Waals surface area contributed by atoms with Crippen LogP contribution in [-0.4, -0.2) is 74.0 Å². The number of aliphatic hydroxyl groups excluding tert-OH is 2. The van der Waals surface area contributed by atoms with Crippen molar-refractivity contribution in [2.24, 2.45) is 5.41 Å². The minimum Gasteiger partial charge on any atom is -0.462 e. The summed E-state index contributed by atoms with van der Waals surface area (Å²) in [7, 11) is 0. The number of carbonyl (C=O) groups excluding carboxylic acids is 2. The first-order valence-electron chi connectivity index (χ1n) is 9.05. The third-order valence-corrected chi connectivity index (χ3v) is 3.22. The molecular formula is C19H34O8. The largest absolute Gasteiger partial charge is 0.462 e. The maximum Gasteiger partial charge on any atom is 0.333 e. The molecule has 158 valence electrons. The quantitative estimate of drug-likeness (QED) is 0.259. The lowest BCUT2D eigenvalue weighted by Crippen LogP contribution is -2.29.